The van der Waals surface area contributed by atoms with Gasteiger partial charge in [-0.25, -0.2) is 0 Å². The maximum absolute atomic E-state index is 12.5. The summed E-state index contributed by atoms with van der Waals surface area (Å²) in [5, 5.41) is 6.97. The van der Waals surface area contributed by atoms with E-state index >= 15 is 0 Å². The topological polar surface area (TPSA) is 60.0 Å². The van der Waals surface area contributed by atoms with Gasteiger partial charge in [0.05, 0.1) is 0 Å². The van der Waals surface area contributed by atoms with Crippen LogP contribution in [0.4, 0.5) is 0 Å². The van der Waals surface area contributed by atoms with Crippen molar-refractivity contribution < 1.29 is 4.79 Å². The minimum atomic E-state index is 0.291. The van der Waals surface area contributed by atoms with Crippen molar-refractivity contribution in [1.82, 2.24) is 20.4 Å². The van der Waals surface area contributed by atoms with E-state index in [1.807, 2.05) is 7.05 Å². The van der Waals surface area contributed by atoms with Crippen LogP contribution in [0, 0.1) is 5.92 Å². The zero-order chi connectivity index (χ0) is 16.9. The van der Waals surface area contributed by atoms with Crippen molar-refractivity contribution in [3.05, 3.63) is 0 Å². The van der Waals surface area contributed by atoms with Crippen molar-refractivity contribution >= 4 is 11.9 Å². The molecule has 1 aliphatic carbocycles. The number of carbonyl (C=O) groups excluding carboxylic acids is 1. The van der Waals surface area contributed by atoms with Crippen LogP contribution >= 0.6 is 0 Å². The lowest BCUT2D eigenvalue weighted by atomic mass is 10.1. The first-order valence-corrected chi connectivity index (χ1v) is 9.63. The predicted molar refractivity (Wildman–Crippen MR) is 97.1 cm³/mol. The van der Waals surface area contributed by atoms with E-state index in [1.165, 1.54) is 32.2 Å². The normalized spacial score (nSPS) is 29.4. The maximum Gasteiger partial charge on any atom is 0.225 e. The fraction of sp³-hybridized carbons (Fsp3) is 0.889. The molecule has 136 valence electrons. The standard InChI is InChI=1S/C18H33N5O/c1-19-18(20-12-16-8-5-10-22(16)2)21-15-9-11-23(13-15)17(24)14-6-3-4-7-14/h14-16H,3-13H2,1-2H3,(H2,19,20,21). The molecule has 0 aromatic rings. The van der Waals surface area contributed by atoms with Crippen molar-refractivity contribution in [2.45, 2.75) is 57.0 Å². The number of rotatable bonds is 4. The minimum absolute atomic E-state index is 0.291. The van der Waals surface area contributed by atoms with Gasteiger partial charge in [0, 0.05) is 44.7 Å². The van der Waals surface area contributed by atoms with E-state index in [4.69, 9.17) is 0 Å². The van der Waals surface area contributed by atoms with Gasteiger partial charge in [0.2, 0.25) is 5.91 Å². The van der Waals surface area contributed by atoms with Crippen LogP contribution in [0.5, 0.6) is 0 Å². The summed E-state index contributed by atoms with van der Waals surface area (Å²) in [5.41, 5.74) is 0. The van der Waals surface area contributed by atoms with Gasteiger partial charge in [-0.1, -0.05) is 12.8 Å². The molecule has 6 heteroatoms. The molecule has 24 heavy (non-hydrogen) atoms. The summed E-state index contributed by atoms with van der Waals surface area (Å²) in [6, 6.07) is 0.926. The van der Waals surface area contributed by atoms with E-state index in [2.05, 4.69) is 32.5 Å². The van der Waals surface area contributed by atoms with Crippen LogP contribution in [0.1, 0.15) is 44.9 Å². The molecule has 0 aromatic carbocycles. The highest BCUT2D eigenvalue weighted by atomic mass is 16.2. The Morgan fingerprint density at radius 1 is 1.12 bits per heavy atom. The van der Waals surface area contributed by atoms with Gasteiger partial charge in [-0.2, -0.15) is 0 Å². The van der Waals surface area contributed by atoms with E-state index in [0.717, 1.165) is 44.9 Å². The summed E-state index contributed by atoms with van der Waals surface area (Å²) >= 11 is 0. The van der Waals surface area contributed by atoms with E-state index in [0.29, 0.717) is 23.9 Å². The third-order valence-electron chi connectivity index (χ3n) is 5.95. The second kappa shape index (κ2) is 8.19. The van der Waals surface area contributed by atoms with E-state index in [-0.39, 0.29) is 0 Å². The molecule has 2 aliphatic heterocycles. The predicted octanol–water partition coefficient (Wildman–Crippen LogP) is 1.04. The lowest BCUT2D eigenvalue weighted by Gasteiger charge is -2.23. The SMILES string of the molecule is CN=C(NCC1CCCN1C)NC1CCN(C(=O)C2CCCC2)C1. The van der Waals surface area contributed by atoms with Crippen LogP contribution in [-0.4, -0.2) is 74.0 Å². The molecule has 2 atom stereocenters. The summed E-state index contributed by atoms with van der Waals surface area (Å²) < 4.78 is 0. The molecule has 0 bridgehead atoms. The highest BCUT2D eigenvalue weighted by Crippen LogP contribution is 2.27. The molecule has 2 saturated heterocycles. The average molecular weight is 335 g/mol. The van der Waals surface area contributed by atoms with Crippen LogP contribution in [-0.2, 0) is 4.79 Å². The monoisotopic (exact) mass is 335 g/mol. The Morgan fingerprint density at radius 3 is 2.58 bits per heavy atom. The molecule has 1 amide bonds. The van der Waals surface area contributed by atoms with Gasteiger partial charge in [0.15, 0.2) is 5.96 Å². The molecule has 2 heterocycles. The quantitative estimate of drug-likeness (QED) is 0.595. The number of hydrogen-bond donors (Lipinski definition) is 2. The lowest BCUT2D eigenvalue weighted by molar-refractivity contribution is -0.134. The lowest BCUT2D eigenvalue weighted by Crippen LogP contribution is -2.48. The zero-order valence-electron chi connectivity index (χ0n) is 15.3. The number of carbonyl (C=O) groups is 1. The number of amides is 1. The van der Waals surface area contributed by atoms with E-state index in [1.54, 1.807) is 0 Å². The molecule has 3 rings (SSSR count). The first kappa shape index (κ1) is 17.5. The van der Waals surface area contributed by atoms with Gasteiger partial charge in [0.25, 0.3) is 0 Å². The summed E-state index contributed by atoms with van der Waals surface area (Å²) in [6.07, 6.45) is 8.18. The maximum atomic E-state index is 12.5. The zero-order valence-corrected chi connectivity index (χ0v) is 15.3. The molecule has 2 N–H and O–H groups in total. The molecule has 0 radical (unpaired) electrons. The van der Waals surface area contributed by atoms with Crippen LogP contribution in [0.25, 0.3) is 0 Å². The van der Waals surface area contributed by atoms with Crippen LogP contribution < -0.4 is 10.6 Å². The molecule has 6 nitrogen and oxygen atoms in total. The number of nitrogens with one attached hydrogen (secondary N) is 2. The van der Waals surface area contributed by atoms with Gasteiger partial charge < -0.3 is 20.4 Å². The number of guanidine groups is 1. The summed E-state index contributed by atoms with van der Waals surface area (Å²) in [5.74, 6) is 1.54. The molecular formula is C18H33N5O. The number of hydrogen-bond acceptors (Lipinski definition) is 3. The van der Waals surface area contributed by atoms with E-state index < -0.39 is 0 Å². The Labute approximate surface area is 146 Å². The van der Waals surface area contributed by atoms with Gasteiger partial charge in [-0.15, -0.1) is 0 Å². The first-order chi connectivity index (χ1) is 11.7. The van der Waals surface area contributed by atoms with Crippen molar-refractivity contribution in [3.63, 3.8) is 0 Å². The number of aliphatic imine (C=N–C) groups is 1. The summed E-state index contributed by atoms with van der Waals surface area (Å²) in [7, 11) is 4.02. The Morgan fingerprint density at radius 2 is 1.92 bits per heavy atom. The van der Waals surface area contributed by atoms with Crippen molar-refractivity contribution in [3.8, 4) is 0 Å². The Hall–Kier alpha value is -1.30. The third-order valence-corrected chi connectivity index (χ3v) is 5.95. The second-order valence-electron chi connectivity index (χ2n) is 7.63. The van der Waals surface area contributed by atoms with Gasteiger partial charge in [-0.05, 0) is 45.7 Å². The Kier molecular flexibility index (Phi) is 5.98. The highest BCUT2D eigenvalue weighted by Gasteiger charge is 2.32. The van der Waals surface area contributed by atoms with Crippen LogP contribution in [0.2, 0.25) is 0 Å². The van der Waals surface area contributed by atoms with Crippen LogP contribution in [0.15, 0.2) is 4.99 Å². The van der Waals surface area contributed by atoms with Gasteiger partial charge in [0.1, 0.15) is 0 Å². The van der Waals surface area contributed by atoms with Crippen molar-refractivity contribution in [2.24, 2.45) is 10.9 Å². The molecular weight excluding hydrogens is 302 g/mol. The summed E-state index contributed by atoms with van der Waals surface area (Å²) in [4.78, 5) is 21.4. The Bertz CT molecular complexity index is 460. The Balaban J connectivity index is 1.42. The third kappa shape index (κ3) is 4.21. The summed E-state index contributed by atoms with van der Waals surface area (Å²) in [6.45, 7) is 3.83. The van der Waals surface area contributed by atoms with Gasteiger partial charge >= 0.3 is 0 Å². The minimum Gasteiger partial charge on any atom is -0.355 e. The molecule has 3 aliphatic rings. The fourth-order valence-electron chi connectivity index (χ4n) is 4.35. The first-order valence-electron chi connectivity index (χ1n) is 9.63. The van der Waals surface area contributed by atoms with Crippen molar-refractivity contribution in [1.29, 1.82) is 0 Å². The molecule has 3 fully saturated rings. The van der Waals surface area contributed by atoms with Crippen LogP contribution in [0.3, 0.4) is 0 Å². The average Bonchev–Trinajstić information content (AvgIpc) is 3.33. The fourth-order valence-corrected chi connectivity index (χ4v) is 4.35. The van der Waals surface area contributed by atoms with Gasteiger partial charge in [-0.3, -0.25) is 9.79 Å². The molecule has 1 saturated carbocycles. The van der Waals surface area contributed by atoms with E-state index in [9.17, 15) is 4.79 Å². The second-order valence-corrected chi connectivity index (χ2v) is 7.63. The molecule has 2 unspecified atom stereocenters. The van der Waals surface area contributed by atoms with Crippen molar-refractivity contribution in [2.75, 3.05) is 40.3 Å². The number of nitrogens with zero attached hydrogens (tertiary/aromatic N) is 3. The molecule has 0 spiro atoms. The highest BCUT2D eigenvalue weighted by molar-refractivity contribution is 5.81. The number of likely N-dealkylation sites (N-methyl/N-ethyl adjacent to an activating group) is 1. The molecule has 0 aromatic heterocycles. The number of likely N-dealkylation sites (tertiary alicyclic amines) is 2. The largest absolute Gasteiger partial charge is 0.355 e. The smallest absolute Gasteiger partial charge is 0.225 e.